The molecular formula is C12H28ClN3O3S. The van der Waals surface area contributed by atoms with E-state index >= 15 is 0 Å². The number of halogens is 1. The summed E-state index contributed by atoms with van der Waals surface area (Å²) in [5.74, 6) is 0. The number of hydrogen-bond donors (Lipinski definition) is 1. The van der Waals surface area contributed by atoms with Crippen LogP contribution in [0.1, 0.15) is 27.7 Å². The lowest BCUT2D eigenvalue weighted by molar-refractivity contribution is -0.0454. The molecule has 1 fully saturated rings. The van der Waals surface area contributed by atoms with Gasteiger partial charge in [-0.05, 0) is 25.8 Å². The lowest BCUT2D eigenvalue weighted by Gasteiger charge is -2.38. The predicted octanol–water partition coefficient (Wildman–Crippen LogP) is 0.679. The summed E-state index contributed by atoms with van der Waals surface area (Å²) in [6.45, 7) is 9.37. The van der Waals surface area contributed by atoms with Crippen molar-refractivity contribution in [3.05, 3.63) is 0 Å². The second kappa shape index (κ2) is 7.38. The van der Waals surface area contributed by atoms with E-state index in [1.165, 1.54) is 8.61 Å². The standard InChI is InChI=1S/C12H27N3O3S.ClH/c1-10-6-15(7-11(2)18-10)19(16,17)14(5)9-12(3,4)8-13;/h10-11H,6-9,13H2,1-5H3;1H. The van der Waals surface area contributed by atoms with Crippen molar-refractivity contribution in [1.29, 1.82) is 0 Å². The maximum atomic E-state index is 12.5. The number of ether oxygens (including phenoxy) is 1. The number of nitrogens with zero attached hydrogens (tertiary/aromatic N) is 2. The van der Waals surface area contributed by atoms with Gasteiger partial charge in [0.05, 0.1) is 12.2 Å². The number of rotatable bonds is 5. The zero-order valence-electron chi connectivity index (χ0n) is 13.0. The molecule has 0 aromatic rings. The van der Waals surface area contributed by atoms with Crippen LogP contribution in [0.4, 0.5) is 0 Å². The van der Waals surface area contributed by atoms with Crippen LogP contribution in [0.15, 0.2) is 0 Å². The van der Waals surface area contributed by atoms with Gasteiger partial charge in [-0.2, -0.15) is 17.0 Å². The van der Waals surface area contributed by atoms with Crippen molar-refractivity contribution < 1.29 is 13.2 Å². The maximum Gasteiger partial charge on any atom is 0.281 e. The first-order valence-electron chi connectivity index (χ1n) is 6.65. The van der Waals surface area contributed by atoms with Gasteiger partial charge < -0.3 is 10.5 Å². The minimum absolute atomic E-state index is 0. The molecule has 20 heavy (non-hydrogen) atoms. The number of nitrogens with two attached hydrogens (primary N) is 1. The summed E-state index contributed by atoms with van der Waals surface area (Å²) in [4.78, 5) is 0. The lowest BCUT2D eigenvalue weighted by Crippen LogP contribution is -2.53. The summed E-state index contributed by atoms with van der Waals surface area (Å²) in [6, 6.07) is 0. The van der Waals surface area contributed by atoms with Crippen molar-refractivity contribution >= 4 is 22.6 Å². The van der Waals surface area contributed by atoms with Crippen molar-refractivity contribution in [3.63, 3.8) is 0 Å². The van der Waals surface area contributed by atoms with Crippen molar-refractivity contribution in [3.8, 4) is 0 Å². The summed E-state index contributed by atoms with van der Waals surface area (Å²) in [7, 11) is -1.83. The molecule has 0 aliphatic carbocycles. The van der Waals surface area contributed by atoms with Crippen LogP contribution in [0.3, 0.4) is 0 Å². The van der Waals surface area contributed by atoms with Gasteiger partial charge >= 0.3 is 0 Å². The molecule has 6 nitrogen and oxygen atoms in total. The highest BCUT2D eigenvalue weighted by molar-refractivity contribution is 7.86. The van der Waals surface area contributed by atoms with E-state index in [9.17, 15) is 8.42 Å². The van der Waals surface area contributed by atoms with Crippen molar-refractivity contribution in [1.82, 2.24) is 8.61 Å². The van der Waals surface area contributed by atoms with E-state index in [0.29, 0.717) is 26.2 Å². The molecule has 1 heterocycles. The van der Waals surface area contributed by atoms with Gasteiger partial charge in [0.2, 0.25) is 0 Å². The predicted molar refractivity (Wildman–Crippen MR) is 83.2 cm³/mol. The molecule has 0 spiro atoms. The van der Waals surface area contributed by atoms with Crippen LogP contribution in [-0.4, -0.2) is 62.5 Å². The Kier molecular flexibility index (Phi) is 7.40. The Balaban J connectivity index is 0.00000361. The Labute approximate surface area is 129 Å². The molecule has 1 saturated heterocycles. The summed E-state index contributed by atoms with van der Waals surface area (Å²) >= 11 is 0. The quantitative estimate of drug-likeness (QED) is 0.804. The van der Waals surface area contributed by atoms with Crippen LogP contribution in [0.2, 0.25) is 0 Å². The Morgan fingerprint density at radius 3 is 2.15 bits per heavy atom. The Morgan fingerprint density at radius 1 is 1.30 bits per heavy atom. The van der Waals surface area contributed by atoms with Gasteiger partial charge in [-0.1, -0.05) is 13.8 Å². The highest BCUT2D eigenvalue weighted by Gasteiger charge is 2.35. The molecule has 0 radical (unpaired) electrons. The molecule has 2 unspecified atom stereocenters. The first kappa shape index (κ1) is 20.1. The van der Waals surface area contributed by atoms with Crippen LogP contribution in [0.25, 0.3) is 0 Å². The van der Waals surface area contributed by atoms with E-state index in [1.54, 1.807) is 7.05 Å². The Bertz CT molecular complexity index is 393. The van der Waals surface area contributed by atoms with Gasteiger partial charge in [0.25, 0.3) is 10.2 Å². The largest absolute Gasteiger partial charge is 0.373 e. The van der Waals surface area contributed by atoms with E-state index in [1.807, 2.05) is 27.7 Å². The first-order chi connectivity index (χ1) is 8.58. The van der Waals surface area contributed by atoms with Gasteiger partial charge in [-0.15, -0.1) is 12.4 Å². The van der Waals surface area contributed by atoms with Crippen LogP contribution in [0.5, 0.6) is 0 Å². The minimum atomic E-state index is -3.44. The van der Waals surface area contributed by atoms with Crippen molar-refractivity contribution in [2.45, 2.75) is 39.9 Å². The topological polar surface area (TPSA) is 75.9 Å². The molecular weight excluding hydrogens is 302 g/mol. The fourth-order valence-corrected chi connectivity index (χ4v) is 3.97. The fourth-order valence-electron chi connectivity index (χ4n) is 2.27. The Hall–Kier alpha value is 0.0800. The molecule has 2 atom stereocenters. The monoisotopic (exact) mass is 329 g/mol. The SMILES string of the molecule is CC1CN(S(=O)(=O)N(C)CC(C)(C)CN)CC(C)O1.Cl. The zero-order chi connectivity index (χ0) is 14.8. The highest BCUT2D eigenvalue weighted by atomic mass is 35.5. The first-order valence-corrected chi connectivity index (χ1v) is 8.05. The smallest absolute Gasteiger partial charge is 0.281 e. The van der Waals surface area contributed by atoms with Crippen LogP contribution < -0.4 is 5.73 Å². The van der Waals surface area contributed by atoms with E-state index < -0.39 is 10.2 Å². The molecule has 1 aliphatic heterocycles. The number of morpholine rings is 1. The average molecular weight is 330 g/mol. The number of hydrogen-bond acceptors (Lipinski definition) is 4. The molecule has 122 valence electrons. The van der Waals surface area contributed by atoms with Gasteiger partial charge in [0, 0.05) is 26.7 Å². The summed E-state index contributed by atoms with van der Waals surface area (Å²) in [5, 5.41) is 0. The van der Waals surface area contributed by atoms with Crippen molar-refractivity contribution in [2.24, 2.45) is 11.1 Å². The van der Waals surface area contributed by atoms with Crippen LogP contribution >= 0.6 is 12.4 Å². The van der Waals surface area contributed by atoms with Gasteiger partial charge in [-0.25, -0.2) is 0 Å². The normalized spacial score (nSPS) is 25.6. The minimum Gasteiger partial charge on any atom is -0.373 e. The van der Waals surface area contributed by atoms with Crippen molar-refractivity contribution in [2.75, 3.05) is 33.2 Å². The van der Waals surface area contributed by atoms with E-state index in [2.05, 4.69) is 0 Å². The lowest BCUT2D eigenvalue weighted by atomic mass is 9.94. The third kappa shape index (κ3) is 5.13. The van der Waals surface area contributed by atoms with E-state index in [0.717, 1.165) is 0 Å². The van der Waals surface area contributed by atoms with Gasteiger partial charge in [0.1, 0.15) is 0 Å². The molecule has 1 rings (SSSR count). The summed E-state index contributed by atoms with van der Waals surface area (Å²) in [5.41, 5.74) is 5.43. The van der Waals surface area contributed by atoms with Gasteiger partial charge in [0.15, 0.2) is 0 Å². The maximum absolute atomic E-state index is 12.5. The molecule has 2 N–H and O–H groups in total. The molecule has 0 bridgehead atoms. The van der Waals surface area contributed by atoms with Crippen LogP contribution in [0, 0.1) is 5.41 Å². The Morgan fingerprint density at radius 2 is 1.75 bits per heavy atom. The zero-order valence-corrected chi connectivity index (χ0v) is 14.6. The summed E-state index contributed by atoms with van der Waals surface area (Å²) in [6.07, 6.45) is -0.149. The molecule has 1 aliphatic rings. The third-order valence-electron chi connectivity index (χ3n) is 3.31. The molecule has 0 aromatic heterocycles. The van der Waals surface area contributed by atoms with Crippen LogP contribution in [-0.2, 0) is 14.9 Å². The molecule has 8 heteroatoms. The molecule has 0 aromatic carbocycles. The fraction of sp³-hybridized carbons (Fsp3) is 1.00. The van der Waals surface area contributed by atoms with Gasteiger partial charge in [-0.3, -0.25) is 0 Å². The highest BCUT2D eigenvalue weighted by Crippen LogP contribution is 2.20. The molecule has 0 amide bonds. The molecule has 0 saturated carbocycles. The summed E-state index contributed by atoms with van der Waals surface area (Å²) < 4.78 is 33.5. The second-order valence-electron chi connectivity index (χ2n) is 6.21. The van der Waals surface area contributed by atoms with E-state index in [-0.39, 0.29) is 30.0 Å². The van der Waals surface area contributed by atoms with E-state index in [4.69, 9.17) is 10.5 Å². The third-order valence-corrected chi connectivity index (χ3v) is 5.18. The second-order valence-corrected chi connectivity index (χ2v) is 8.24. The average Bonchev–Trinajstić information content (AvgIpc) is 2.27.